The van der Waals surface area contributed by atoms with Crippen molar-refractivity contribution in [1.82, 2.24) is 4.90 Å². The van der Waals surface area contributed by atoms with Crippen LogP contribution in [0.5, 0.6) is 0 Å². The molecule has 5 heteroatoms. The van der Waals surface area contributed by atoms with Gasteiger partial charge in [-0.2, -0.15) is 0 Å². The molecule has 2 amide bonds. The first kappa shape index (κ1) is 16.5. The van der Waals surface area contributed by atoms with Gasteiger partial charge in [-0.25, -0.2) is 9.29 Å². The minimum absolute atomic E-state index is 0.334. The van der Waals surface area contributed by atoms with Crippen molar-refractivity contribution in [3.05, 3.63) is 71.2 Å². The van der Waals surface area contributed by atoms with Crippen LogP contribution in [0.2, 0.25) is 0 Å². The Kier molecular flexibility index (Phi) is 4.07. The Morgan fingerprint density at radius 1 is 0.846 bits per heavy atom. The summed E-state index contributed by atoms with van der Waals surface area (Å²) in [4.78, 5) is 29.5. The quantitative estimate of drug-likeness (QED) is 0.796. The fraction of sp³-hybridized carbons (Fsp3) is 0.238. The van der Waals surface area contributed by atoms with E-state index in [9.17, 15) is 14.0 Å². The van der Waals surface area contributed by atoms with E-state index in [4.69, 9.17) is 0 Å². The Morgan fingerprint density at radius 2 is 1.46 bits per heavy atom. The predicted octanol–water partition coefficient (Wildman–Crippen LogP) is 3.51. The van der Waals surface area contributed by atoms with Crippen LogP contribution in [0.25, 0.3) is 5.57 Å². The number of hydrogen-bond donors (Lipinski definition) is 0. The van der Waals surface area contributed by atoms with Gasteiger partial charge in [0.2, 0.25) is 0 Å². The van der Waals surface area contributed by atoms with E-state index in [1.165, 1.54) is 24.3 Å². The number of hydrogen-bond acceptors (Lipinski definition) is 3. The number of imide groups is 1. The summed E-state index contributed by atoms with van der Waals surface area (Å²) < 4.78 is 13.3. The molecule has 0 bridgehead atoms. The summed E-state index contributed by atoms with van der Waals surface area (Å²) in [6.45, 7) is 3.51. The van der Waals surface area contributed by atoms with E-state index in [-0.39, 0.29) is 11.8 Å². The molecule has 1 fully saturated rings. The van der Waals surface area contributed by atoms with E-state index in [2.05, 4.69) is 0 Å². The molecule has 0 atom stereocenters. The maximum Gasteiger partial charge on any atom is 0.282 e. The van der Waals surface area contributed by atoms with E-state index >= 15 is 0 Å². The Balaban J connectivity index is 1.82. The number of nitrogens with zero attached hydrogens (tertiary/aromatic N) is 2. The summed E-state index contributed by atoms with van der Waals surface area (Å²) in [5.41, 5.74) is 3.10. The molecule has 132 valence electrons. The average Bonchev–Trinajstić information content (AvgIpc) is 3.23. The molecular weight excluding hydrogens is 331 g/mol. The second-order valence-electron chi connectivity index (χ2n) is 6.71. The van der Waals surface area contributed by atoms with Crippen LogP contribution in [-0.2, 0) is 9.59 Å². The zero-order valence-corrected chi connectivity index (χ0v) is 14.5. The van der Waals surface area contributed by atoms with Gasteiger partial charge in [-0.15, -0.1) is 0 Å². The maximum absolute atomic E-state index is 13.3. The van der Waals surface area contributed by atoms with E-state index in [0.29, 0.717) is 17.0 Å². The molecule has 0 N–H and O–H groups in total. The Morgan fingerprint density at radius 3 is 2.08 bits per heavy atom. The highest BCUT2D eigenvalue weighted by Crippen LogP contribution is 2.36. The number of anilines is 1. The summed E-state index contributed by atoms with van der Waals surface area (Å²) in [6, 6.07) is 13.1. The Labute approximate surface area is 151 Å². The molecule has 2 aromatic rings. The summed E-state index contributed by atoms with van der Waals surface area (Å²) in [5.74, 6) is -1.09. The monoisotopic (exact) mass is 350 g/mol. The van der Waals surface area contributed by atoms with Crippen molar-refractivity contribution in [2.24, 2.45) is 0 Å². The number of halogens is 1. The van der Waals surface area contributed by atoms with Crippen LogP contribution < -0.4 is 4.90 Å². The van der Waals surface area contributed by atoms with Crippen molar-refractivity contribution in [2.75, 3.05) is 18.0 Å². The highest BCUT2D eigenvalue weighted by Gasteiger charge is 2.42. The topological polar surface area (TPSA) is 40.6 Å². The molecule has 2 aliphatic rings. The third-order valence-electron chi connectivity index (χ3n) is 4.91. The maximum atomic E-state index is 13.3. The molecule has 1 saturated heterocycles. The van der Waals surface area contributed by atoms with Crippen molar-refractivity contribution in [3.63, 3.8) is 0 Å². The van der Waals surface area contributed by atoms with Crippen LogP contribution in [0.15, 0.2) is 54.2 Å². The Bertz CT molecular complexity index is 895. The lowest BCUT2D eigenvalue weighted by Gasteiger charge is -2.20. The lowest BCUT2D eigenvalue weighted by atomic mass is 10.0. The highest BCUT2D eigenvalue weighted by atomic mass is 19.1. The van der Waals surface area contributed by atoms with Crippen LogP contribution in [0.3, 0.4) is 0 Å². The highest BCUT2D eigenvalue weighted by molar-refractivity contribution is 6.45. The van der Waals surface area contributed by atoms with Crippen LogP contribution in [0.4, 0.5) is 10.1 Å². The van der Waals surface area contributed by atoms with Crippen LogP contribution in [0, 0.1) is 12.7 Å². The number of rotatable bonds is 3. The van der Waals surface area contributed by atoms with Gasteiger partial charge in [0, 0.05) is 13.1 Å². The van der Waals surface area contributed by atoms with Gasteiger partial charge >= 0.3 is 0 Å². The molecule has 0 aliphatic carbocycles. The summed E-state index contributed by atoms with van der Waals surface area (Å²) in [5, 5.41) is 0. The van der Waals surface area contributed by atoms with Crippen LogP contribution in [-0.4, -0.2) is 29.8 Å². The smallest absolute Gasteiger partial charge is 0.282 e. The van der Waals surface area contributed by atoms with Crippen LogP contribution in [0.1, 0.15) is 24.0 Å². The number of aryl methyl sites for hydroxylation is 1. The number of benzene rings is 2. The largest absolute Gasteiger partial charge is 0.366 e. The molecule has 4 nitrogen and oxygen atoms in total. The number of carbonyl (C=O) groups is 2. The third-order valence-corrected chi connectivity index (χ3v) is 4.91. The first-order chi connectivity index (χ1) is 12.6. The van der Waals surface area contributed by atoms with E-state index in [0.717, 1.165) is 42.0 Å². The van der Waals surface area contributed by atoms with Gasteiger partial charge in [0.15, 0.2) is 0 Å². The predicted molar refractivity (Wildman–Crippen MR) is 97.8 cm³/mol. The fourth-order valence-electron chi connectivity index (χ4n) is 3.56. The van der Waals surface area contributed by atoms with E-state index < -0.39 is 5.82 Å². The van der Waals surface area contributed by atoms with Gasteiger partial charge in [0.25, 0.3) is 11.8 Å². The first-order valence-corrected chi connectivity index (χ1v) is 8.77. The lowest BCUT2D eigenvalue weighted by Crippen LogP contribution is -2.34. The van der Waals surface area contributed by atoms with E-state index in [1.54, 1.807) is 0 Å². The van der Waals surface area contributed by atoms with Crippen molar-refractivity contribution in [2.45, 2.75) is 19.8 Å². The second-order valence-corrected chi connectivity index (χ2v) is 6.71. The lowest BCUT2D eigenvalue weighted by molar-refractivity contribution is -0.120. The van der Waals surface area contributed by atoms with Gasteiger partial charge in [0.1, 0.15) is 11.5 Å². The molecule has 2 aromatic carbocycles. The van der Waals surface area contributed by atoms with Gasteiger partial charge in [0.05, 0.1) is 11.3 Å². The molecular formula is C21H19FN2O2. The van der Waals surface area contributed by atoms with Crippen molar-refractivity contribution < 1.29 is 14.0 Å². The molecule has 2 heterocycles. The number of likely N-dealkylation sites (tertiary alicyclic amines) is 1. The van der Waals surface area contributed by atoms with Crippen LogP contribution >= 0.6 is 0 Å². The van der Waals surface area contributed by atoms with Crippen molar-refractivity contribution in [3.8, 4) is 0 Å². The van der Waals surface area contributed by atoms with Crippen molar-refractivity contribution >= 4 is 23.1 Å². The normalized spacial score (nSPS) is 17.6. The number of carbonyl (C=O) groups excluding carboxylic acids is 2. The molecule has 0 radical (unpaired) electrons. The molecule has 0 unspecified atom stereocenters. The second kappa shape index (κ2) is 6.41. The summed E-state index contributed by atoms with van der Waals surface area (Å²) in [6.07, 6.45) is 2.01. The first-order valence-electron chi connectivity index (χ1n) is 8.77. The SMILES string of the molecule is Cc1ccc(C2=C(N3CCCC3)C(=O)N(c3ccc(F)cc3)C2=O)cc1. The average molecular weight is 350 g/mol. The fourth-order valence-corrected chi connectivity index (χ4v) is 3.56. The van der Waals surface area contributed by atoms with Gasteiger partial charge < -0.3 is 4.90 Å². The molecule has 2 aliphatic heterocycles. The zero-order chi connectivity index (χ0) is 18.3. The van der Waals surface area contributed by atoms with Gasteiger partial charge in [-0.1, -0.05) is 29.8 Å². The molecule has 0 saturated carbocycles. The standard InChI is InChI=1S/C21H19FN2O2/c1-14-4-6-15(7-5-14)18-19(23-12-2-3-13-23)21(26)24(20(18)25)17-10-8-16(22)9-11-17/h4-11H,2-3,12-13H2,1H3. The summed E-state index contributed by atoms with van der Waals surface area (Å²) >= 11 is 0. The van der Waals surface area contributed by atoms with E-state index in [1.807, 2.05) is 36.1 Å². The molecule has 0 aromatic heterocycles. The van der Waals surface area contributed by atoms with Gasteiger partial charge in [-0.05, 0) is 49.6 Å². The van der Waals surface area contributed by atoms with Crippen molar-refractivity contribution in [1.29, 1.82) is 0 Å². The van der Waals surface area contributed by atoms with Gasteiger partial charge in [-0.3, -0.25) is 9.59 Å². The molecule has 0 spiro atoms. The zero-order valence-electron chi connectivity index (χ0n) is 14.5. The number of amides is 2. The minimum atomic E-state index is -0.403. The third kappa shape index (κ3) is 2.69. The summed E-state index contributed by atoms with van der Waals surface area (Å²) in [7, 11) is 0. The minimum Gasteiger partial charge on any atom is -0.366 e. The Hall–Kier alpha value is -2.95. The molecule has 4 rings (SSSR count). The molecule has 26 heavy (non-hydrogen) atoms.